The average molecular weight is 415 g/mol. The predicted octanol–water partition coefficient (Wildman–Crippen LogP) is 2.79. The quantitative estimate of drug-likeness (QED) is 0.758. The summed E-state index contributed by atoms with van der Waals surface area (Å²) in [5.74, 6) is -0.415. The van der Waals surface area contributed by atoms with Crippen LogP contribution in [0, 0.1) is 0 Å². The van der Waals surface area contributed by atoms with E-state index >= 15 is 0 Å². The molecular formula is C17H20F3N5O2S. The summed E-state index contributed by atoms with van der Waals surface area (Å²) in [6, 6.07) is 3.39. The topological polar surface area (TPSA) is 72.3 Å². The van der Waals surface area contributed by atoms with Gasteiger partial charge in [0.2, 0.25) is 5.91 Å². The van der Waals surface area contributed by atoms with E-state index in [-0.39, 0.29) is 5.69 Å². The molecular weight excluding hydrogens is 395 g/mol. The van der Waals surface area contributed by atoms with Crippen molar-refractivity contribution in [2.24, 2.45) is 7.05 Å². The van der Waals surface area contributed by atoms with Gasteiger partial charge in [0.25, 0.3) is 0 Å². The number of benzene rings is 1. The van der Waals surface area contributed by atoms with E-state index in [1.165, 1.54) is 24.2 Å². The number of ether oxygens (including phenoxy) is 1. The molecule has 1 atom stereocenters. The van der Waals surface area contributed by atoms with Crippen molar-refractivity contribution in [2.45, 2.75) is 23.5 Å². The summed E-state index contributed by atoms with van der Waals surface area (Å²) >= 11 is 1.18. The van der Waals surface area contributed by atoms with Gasteiger partial charge in [-0.15, -0.1) is 10.2 Å². The van der Waals surface area contributed by atoms with Gasteiger partial charge in [-0.25, -0.2) is 0 Å². The maximum absolute atomic E-state index is 13.2. The molecule has 1 amide bonds. The van der Waals surface area contributed by atoms with Gasteiger partial charge in [-0.05, 0) is 25.1 Å². The van der Waals surface area contributed by atoms with Gasteiger partial charge in [0.1, 0.15) is 6.33 Å². The van der Waals surface area contributed by atoms with Crippen molar-refractivity contribution < 1.29 is 22.7 Å². The monoisotopic (exact) mass is 415 g/mol. The van der Waals surface area contributed by atoms with E-state index in [4.69, 9.17) is 4.74 Å². The molecule has 1 N–H and O–H groups in total. The highest BCUT2D eigenvalue weighted by molar-refractivity contribution is 8.00. The molecule has 0 radical (unpaired) electrons. The number of amides is 1. The maximum atomic E-state index is 13.2. The lowest BCUT2D eigenvalue weighted by Crippen LogP contribution is -2.37. The Hall–Kier alpha value is -2.27. The summed E-state index contributed by atoms with van der Waals surface area (Å²) < 4.78 is 46.5. The number of carbonyl (C=O) groups is 1. The smallest absolute Gasteiger partial charge is 0.378 e. The molecule has 0 unspecified atom stereocenters. The summed E-state index contributed by atoms with van der Waals surface area (Å²) in [5, 5.41) is 10.3. The van der Waals surface area contributed by atoms with E-state index in [9.17, 15) is 18.0 Å². The number of halogens is 3. The first-order valence-corrected chi connectivity index (χ1v) is 9.49. The van der Waals surface area contributed by atoms with Crippen molar-refractivity contribution in [2.75, 3.05) is 36.5 Å². The van der Waals surface area contributed by atoms with Crippen molar-refractivity contribution in [1.82, 2.24) is 14.8 Å². The molecule has 1 aromatic carbocycles. The predicted molar refractivity (Wildman–Crippen MR) is 99.4 cm³/mol. The minimum atomic E-state index is -4.50. The van der Waals surface area contributed by atoms with Crippen LogP contribution >= 0.6 is 11.8 Å². The van der Waals surface area contributed by atoms with Crippen LogP contribution in [0.1, 0.15) is 12.5 Å². The van der Waals surface area contributed by atoms with Crippen molar-refractivity contribution in [3.63, 3.8) is 0 Å². The Labute approximate surface area is 164 Å². The van der Waals surface area contributed by atoms with Crippen molar-refractivity contribution in [3.8, 4) is 0 Å². The number of aromatic nitrogens is 3. The summed E-state index contributed by atoms with van der Waals surface area (Å²) in [6.07, 6.45) is -2.99. The summed E-state index contributed by atoms with van der Waals surface area (Å²) in [4.78, 5) is 14.5. The largest absolute Gasteiger partial charge is 0.416 e. The third-order valence-corrected chi connectivity index (χ3v) is 5.40. The van der Waals surface area contributed by atoms with Crippen LogP contribution in [0.4, 0.5) is 24.5 Å². The molecule has 0 saturated carbocycles. The van der Waals surface area contributed by atoms with E-state index < -0.39 is 22.9 Å². The Morgan fingerprint density at radius 1 is 1.32 bits per heavy atom. The van der Waals surface area contributed by atoms with Gasteiger partial charge in [-0.1, -0.05) is 11.8 Å². The summed E-state index contributed by atoms with van der Waals surface area (Å²) in [6.45, 7) is 3.70. The Morgan fingerprint density at radius 3 is 2.64 bits per heavy atom. The molecule has 0 bridgehead atoms. The lowest BCUT2D eigenvalue weighted by Gasteiger charge is -2.31. The van der Waals surface area contributed by atoms with Crippen LogP contribution < -0.4 is 10.2 Å². The zero-order valence-electron chi connectivity index (χ0n) is 15.4. The number of alkyl halides is 3. The number of nitrogens with one attached hydrogen (secondary N) is 1. The Balaban J connectivity index is 1.83. The number of aryl methyl sites for hydroxylation is 1. The standard InChI is InChI=1S/C17H20F3N5O2S/c1-11(28-16-23-21-10-24(16)2)15(26)22-13-9-12(17(18,19)20)3-4-14(13)25-5-7-27-8-6-25/h3-4,9-11H,5-8H2,1-2H3,(H,22,26)/t11-/m1/s1. The van der Waals surface area contributed by atoms with Gasteiger partial charge >= 0.3 is 6.18 Å². The fourth-order valence-corrected chi connectivity index (χ4v) is 3.51. The molecule has 1 aliphatic rings. The molecule has 28 heavy (non-hydrogen) atoms. The van der Waals surface area contributed by atoms with Crippen LogP contribution in [0.3, 0.4) is 0 Å². The second-order valence-corrected chi connectivity index (χ2v) is 7.61. The molecule has 7 nitrogen and oxygen atoms in total. The Kier molecular flexibility index (Phi) is 6.14. The molecule has 1 fully saturated rings. The summed E-state index contributed by atoms with van der Waals surface area (Å²) in [5.41, 5.74) is -0.138. The zero-order valence-corrected chi connectivity index (χ0v) is 16.2. The fraction of sp³-hybridized carbons (Fsp3) is 0.471. The third-order valence-electron chi connectivity index (χ3n) is 4.25. The van der Waals surface area contributed by atoms with E-state index in [1.807, 2.05) is 4.90 Å². The van der Waals surface area contributed by atoms with Gasteiger partial charge in [0.15, 0.2) is 5.16 Å². The average Bonchev–Trinajstić information content (AvgIpc) is 3.06. The fourth-order valence-electron chi connectivity index (χ4n) is 2.72. The molecule has 152 valence electrons. The third kappa shape index (κ3) is 4.76. The number of thioether (sulfide) groups is 1. The minimum Gasteiger partial charge on any atom is -0.378 e. The SMILES string of the molecule is C[C@@H](Sc1nncn1C)C(=O)Nc1cc(C(F)(F)F)ccc1N1CCOCC1. The van der Waals surface area contributed by atoms with Crippen LogP contribution in [-0.4, -0.2) is 52.2 Å². The van der Waals surface area contributed by atoms with Gasteiger partial charge < -0.3 is 19.5 Å². The summed E-state index contributed by atoms with van der Waals surface area (Å²) in [7, 11) is 1.75. The normalized spacial score (nSPS) is 16.1. The second kappa shape index (κ2) is 8.39. The Morgan fingerprint density at radius 2 is 2.04 bits per heavy atom. The first-order valence-electron chi connectivity index (χ1n) is 8.61. The molecule has 0 spiro atoms. The zero-order chi connectivity index (χ0) is 20.3. The van der Waals surface area contributed by atoms with Crippen LogP contribution in [-0.2, 0) is 22.8 Å². The highest BCUT2D eigenvalue weighted by Gasteiger charge is 2.32. The van der Waals surface area contributed by atoms with Crippen molar-refractivity contribution >= 4 is 29.0 Å². The van der Waals surface area contributed by atoms with Crippen LogP contribution in [0.2, 0.25) is 0 Å². The van der Waals surface area contributed by atoms with Crippen molar-refractivity contribution in [3.05, 3.63) is 30.1 Å². The number of morpholine rings is 1. The molecule has 1 aliphatic heterocycles. The number of nitrogens with zero attached hydrogens (tertiary/aromatic N) is 4. The molecule has 2 aromatic rings. The van der Waals surface area contributed by atoms with Crippen molar-refractivity contribution in [1.29, 1.82) is 0 Å². The van der Waals surface area contributed by atoms with Crippen LogP contribution in [0.5, 0.6) is 0 Å². The number of rotatable bonds is 5. The molecule has 2 heterocycles. The molecule has 11 heteroatoms. The number of hydrogen-bond acceptors (Lipinski definition) is 6. The molecule has 0 aliphatic carbocycles. The molecule has 1 saturated heterocycles. The number of hydrogen-bond donors (Lipinski definition) is 1. The minimum absolute atomic E-state index is 0.132. The lowest BCUT2D eigenvalue weighted by molar-refractivity contribution is -0.137. The first-order chi connectivity index (χ1) is 13.3. The number of anilines is 2. The first kappa shape index (κ1) is 20.5. The second-order valence-electron chi connectivity index (χ2n) is 6.30. The highest BCUT2D eigenvalue weighted by atomic mass is 32.2. The molecule has 1 aromatic heterocycles. The lowest BCUT2D eigenvalue weighted by atomic mass is 10.1. The van der Waals surface area contributed by atoms with Gasteiger partial charge in [0.05, 0.1) is 35.4 Å². The highest BCUT2D eigenvalue weighted by Crippen LogP contribution is 2.36. The van der Waals surface area contributed by atoms with E-state index in [2.05, 4.69) is 15.5 Å². The van der Waals surface area contributed by atoms with E-state index in [1.54, 1.807) is 18.5 Å². The maximum Gasteiger partial charge on any atom is 0.416 e. The van der Waals surface area contributed by atoms with Gasteiger partial charge in [-0.2, -0.15) is 13.2 Å². The van der Waals surface area contributed by atoms with E-state index in [0.717, 1.165) is 12.1 Å². The number of carbonyl (C=O) groups excluding carboxylic acids is 1. The van der Waals surface area contributed by atoms with Gasteiger partial charge in [0, 0.05) is 20.1 Å². The van der Waals surface area contributed by atoms with Crippen LogP contribution in [0.15, 0.2) is 29.7 Å². The molecule has 3 rings (SSSR count). The van der Waals surface area contributed by atoms with E-state index in [0.29, 0.717) is 37.1 Å². The Bertz CT molecular complexity index is 836. The van der Waals surface area contributed by atoms with Gasteiger partial charge in [-0.3, -0.25) is 4.79 Å². The van der Waals surface area contributed by atoms with Crippen LogP contribution in [0.25, 0.3) is 0 Å².